The molecule has 0 aliphatic heterocycles. The van der Waals surface area contributed by atoms with Gasteiger partial charge in [-0.3, -0.25) is 0 Å². The highest BCUT2D eigenvalue weighted by Crippen LogP contribution is 2.18. The summed E-state index contributed by atoms with van der Waals surface area (Å²) in [4.78, 5) is 0. The molecule has 0 atom stereocenters. The van der Waals surface area contributed by atoms with Crippen molar-refractivity contribution < 1.29 is 19.7 Å². The third kappa shape index (κ3) is 3.14. The lowest BCUT2D eigenvalue weighted by Gasteiger charge is -2.29. The summed E-state index contributed by atoms with van der Waals surface area (Å²) < 4.78 is 13.1. The molecule has 0 amide bonds. The van der Waals surface area contributed by atoms with Crippen molar-refractivity contribution in [1.29, 1.82) is 5.26 Å². The molecule has 4 N–H and O–H groups in total. The third-order valence-electron chi connectivity index (χ3n) is 2.34. The summed E-state index contributed by atoms with van der Waals surface area (Å²) in [5.74, 6) is -0.616. The van der Waals surface area contributed by atoms with Crippen LogP contribution in [0.1, 0.15) is 5.56 Å². The van der Waals surface area contributed by atoms with Gasteiger partial charge in [0.15, 0.2) is 0 Å². The third-order valence-corrected chi connectivity index (χ3v) is 2.34. The molecule has 0 spiro atoms. The van der Waals surface area contributed by atoms with Crippen molar-refractivity contribution in [2.45, 2.75) is 5.54 Å². The molecule has 0 fully saturated rings. The van der Waals surface area contributed by atoms with Gasteiger partial charge >= 0.3 is 0 Å². The van der Waals surface area contributed by atoms with Gasteiger partial charge in [-0.25, -0.2) is 4.39 Å². The molecule has 1 aromatic carbocycles. The molecular formula is C11H13FN2O3. The second kappa shape index (κ2) is 5.59. The molecule has 0 aliphatic rings. The van der Waals surface area contributed by atoms with Crippen LogP contribution in [0.5, 0.6) is 0 Å². The molecule has 0 aliphatic carbocycles. The fourth-order valence-electron chi connectivity index (χ4n) is 1.30. The Kier molecular flexibility index (Phi) is 4.40. The first-order chi connectivity index (χ1) is 8.09. The van der Waals surface area contributed by atoms with Crippen molar-refractivity contribution in [1.82, 2.24) is 0 Å². The highest BCUT2D eigenvalue weighted by Gasteiger charge is 2.27. The van der Waals surface area contributed by atoms with E-state index in [1.54, 1.807) is 6.07 Å². The maximum Gasteiger partial charge on any atom is 0.126 e. The summed E-state index contributed by atoms with van der Waals surface area (Å²) in [7, 11) is 0. The largest absolute Gasteiger partial charge is 0.394 e. The molecular weight excluding hydrogens is 227 g/mol. The zero-order chi connectivity index (χ0) is 12.9. The van der Waals surface area contributed by atoms with Crippen molar-refractivity contribution >= 4 is 5.69 Å². The normalized spacial score (nSPS) is 11.0. The van der Waals surface area contributed by atoms with Crippen LogP contribution in [0, 0.1) is 17.1 Å². The van der Waals surface area contributed by atoms with E-state index in [1.165, 1.54) is 6.07 Å². The van der Waals surface area contributed by atoms with Gasteiger partial charge < -0.3 is 20.6 Å². The molecule has 0 saturated carbocycles. The lowest BCUT2D eigenvalue weighted by atomic mass is 10.0. The second-order valence-electron chi connectivity index (χ2n) is 3.72. The SMILES string of the molecule is N#Cc1cc(F)cc(NC(CO)(CO)CO)c1. The Labute approximate surface area is 97.7 Å². The number of nitrogens with zero attached hydrogens (tertiary/aromatic N) is 1. The number of hydrogen-bond donors (Lipinski definition) is 4. The van der Waals surface area contributed by atoms with Crippen LogP contribution in [0.25, 0.3) is 0 Å². The zero-order valence-corrected chi connectivity index (χ0v) is 9.02. The van der Waals surface area contributed by atoms with Gasteiger partial charge in [-0.05, 0) is 18.2 Å². The van der Waals surface area contributed by atoms with Crippen LogP contribution in [0.3, 0.4) is 0 Å². The highest BCUT2D eigenvalue weighted by atomic mass is 19.1. The van der Waals surface area contributed by atoms with E-state index < -0.39 is 31.2 Å². The number of hydrogen-bond acceptors (Lipinski definition) is 5. The average molecular weight is 240 g/mol. The van der Waals surface area contributed by atoms with Crippen LogP contribution in [-0.4, -0.2) is 40.7 Å². The Hall–Kier alpha value is -1.68. The predicted molar refractivity (Wildman–Crippen MR) is 58.7 cm³/mol. The molecule has 17 heavy (non-hydrogen) atoms. The fourth-order valence-corrected chi connectivity index (χ4v) is 1.30. The summed E-state index contributed by atoms with van der Waals surface area (Å²) in [6.07, 6.45) is 0. The quantitative estimate of drug-likeness (QED) is 0.572. The minimum atomic E-state index is -1.35. The first-order valence-electron chi connectivity index (χ1n) is 4.90. The number of anilines is 1. The Balaban J connectivity index is 3.02. The van der Waals surface area contributed by atoms with Crippen molar-refractivity contribution in [3.8, 4) is 6.07 Å². The monoisotopic (exact) mass is 240 g/mol. The first kappa shape index (κ1) is 13.4. The van der Waals surface area contributed by atoms with Crippen molar-refractivity contribution in [2.75, 3.05) is 25.1 Å². The summed E-state index contributed by atoms with van der Waals surface area (Å²) in [6.45, 7) is -1.59. The number of nitriles is 1. The van der Waals surface area contributed by atoms with Crippen LogP contribution >= 0.6 is 0 Å². The van der Waals surface area contributed by atoms with E-state index >= 15 is 0 Å². The molecule has 6 heteroatoms. The molecule has 1 rings (SSSR count). The number of nitrogens with one attached hydrogen (secondary N) is 1. The smallest absolute Gasteiger partial charge is 0.126 e. The maximum absolute atomic E-state index is 13.1. The molecule has 5 nitrogen and oxygen atoms in total. The summed E-state index contributed by atoms with van der Waals surface area (Å²) in [5.41, 5.74) is -1.03. The number of benzene rings is 1. The van der Waals surface area contributed by atoms with Gasteiger partial charge in [0.05, 0.1) is 31.5 Å². The minimum absolute atomic E-state index is 0.107. The average Bonchev–Trinajstić information content (AvgIpc) is 2.35. The van der Waals surface area contributed by atoms with E-state index in [2.05, 4.69) is 5.32 Å². The maximum atomic E-state index is 13.1. The lowest BCUT2D eigenvalue weighted by molar-refractivity contribution is 0.0833. The van der Waals surface area contributed by atoms with Crippen LogP contribution in [0.15, 0.2) is 18.2 Å². The van der Waals surface area contributed by atoms with Crippen LogP contribution in [0.2, 0.25) is 0 Å². The molecule has 92 valence electrons. The molecule has 0 saturated heterocycles. The van der Waals surface area contributed by atoms with Gasteiger partial charge in [-0.2, -0.15) is 5.26 Å². The summed E-state index contributed by atoms with van der Waals surface area (Å²) >= 11 is 0. The fraction of sp³-hybridized carbons (Fsp3) is 0.364. The zero-order valence-electron chi connectivity index (χ0n) is 9.02. The molecule has 0 bridgehead atoms. The van der Waals surface area contributed by atoms with E-state index in [4.69, 9.17) is 20.6 Å². The first-order valence-corrected chi connectivity index (χ1v) is 4.90. The van der Waals surface area contributed by atoms with Gasteiger partial charge in [0.25, 0.3) is 0 Å². The van der Waals surface area contributed by atoms with Gasteiger partial charge in [0.1, 0.15) is 11.4 Å². The molecule has 0 radical (unpaired) electrons. The van der Waals surface area contributed by atoms with Crippen LogP contribution in [-0.2, 0) is 0 Å². The van der Waals surface area contributed by atoms with Crippen LogP contribution < -0.4 is 5.32 Å². The number of aliphatic hydroxyl groups is 3. The van der Waals surface area contributed by atoms with Crippen LogP contribution in [0.4, 0.5) is 10.1 Å². The number of rotatable bonds is 5. The van der Waals surface area contributed by atoms with Gasteiger partial charge in [0, 0.05) is 5.69 Å². The second-order valence-corrected chi connectivity index (χ2v) is 3.72. The Morgan fingerprint density at radius 2 is 1.76 bits per heavy atom. The van der Waals surface area contributed by atoms with Gasteiger partial charge in [-0.1, -0.05) is 0 Å². The summed E-state index contributed by atoms with van der Waals surface area (Å²) in [5, 5.41) is 38.6. The minimum Gasteiger partial charge on any atom is -0.394 e. The summed E-state index contributed by atoms with van der Waals surface area (Å²) in [6, 6.07) is 5.31. The predicted octanol–water partition coefficient (Wildman–Crippen LogP) is -0.175. The molecule has 0 unspecified atom stereocenters. The highest BCUT2D eigenvalue weighted by molar-refractivity contribution is 5.51. The number of aliphatic hydroxyl groups excluding tert-OH is 3. The van der Waals surface area contributed by atoms with Crippen molar-refractivity contribution in [2.24, 2.45) is 0 Å². The van der Waals surface area contributed by atoms with Gasteiger partial charge in [0.2, 0.25) is 0 Å². The van der Waals surface area contributed by atoms with Gasteiger partial charge in [-0.15, -0.1) is 0 Å². The van der Waals surface area contributed by atoms with Crippen molar-refractivity contribution in [3.63, 3.8) is 0 Å². The van der Waals surface area contributed by atoms with Crippen molar-refractivity contribution in [3.05, 3.63) is 29.6 Å². The number of halogens is 1. The molecule has 0 heterocycles. The van der Waals surface area contributed by atoms with E-state index in [0.717, 1.165) is 12.1 Å². The Morgan fingerprint density at radius 1 is 1.18 bits per heavy atom. The molecule has 0 aromatic heterocycles. The van der Waals surface area contributed by atoms with E-state index in [1.807, 2.05) is 0 Å². The molecule has 1 aromatic rings. The Bertz CT molecular complexity index is 419. The standard InChI is InChI=1S/C11H13FN2O3/c12-9-1-8(4-13)2-10(3-9)14-11(5-15,6-16)7-17/h1-3,14-17H,5-7H2. The lowest BCUT2D eigenvalue weighted by Crippen LogP contribution is -2.49. The Morgan fingerprint density at radius 3 is 2.24 bits per heavy atom. The van der Waals surface area contributed by atoms with E-state index in [9.17, 15) is 4.39 Å². The van der Waals surface area contributed by atoms with E-state index in [-0.39, 0.29) is 11.3 Å². The van der Waals surface area contributed by atoms with E-state index in [0.29, 0.717) is 0 Å². The topological polar surface area (TPSA) is 96.5 Å².